The van der Waals surface area contributed by atoms with E-state index in [0.717, 1.165) is 11.6 Å². The number of nitrogens with zero attached hydrogens (tertiary/aromatic N) is 3. The van der Waals surface area contributed by atoms with Gasteiger partial charge in [0.15, 0.2) is 5.82 Å². The molecule has 0 aliphatic heterocycles. The summed E-state index contributed by atoms with van der Waals surface area (Å²) < 4.78 is 46.5. The van der Waals surface area contributed by atoms with Crippen molar-refractivity contribution in [2.24, 2.45) is 0 Å². The summed E-state index contributed by atoms with van der Waals surface area (Å²) in [6, 6.07) is 26.3. The van der Waals surface area contributed by atoms with E-state index >= 15 is 0 Å². The van der Waals surface area contributed by atoms with Crippen molar-refractivity contribution in [1.82, 2.24) is 20.6 Å². The molecule has 0 aliphatic carbocycles. The van der Waals surface area contributed by atoms with Crippen LogP contribution in [-0.2, 0) is 22.3 Å². The second-order valence-corrected chi connectivity index (χ2v) is 11.2. The third kappa shape index (κ3) is 7.71. The molecule has 0 aliphatic rings. The van der Waals surface area contributed by atoms with E-state index in [1.54, 1.807) is 55.5 Å². The van der Waals surface area contributed by atoms with Gasteiger partial charge in [0, 0.05) is 27.8 Å². The van der Waals surface area contributed by atoms with Crippen LogP contribution in [-0.4, -0.2) is 27.2 Å². The smallest absolute Gasteiger partial charge is 0.364 e. The highest BCUT2D eigenvalue weighted by Crippen LogP contribution is 2.40. The molecule has 0 bridgehead atoms. The van der Waals surface area contributed by atoms with Crippen molar-refractivity contribution < 1.29 is 22.7 Å². The zero-order valence-electron chi connectivity index (χ0n) is 25.6. The minimum atomic E-state index is -4.69. The van der Waals surface area contributed by atoms with E-state index in [1.807, 2.05) is 36.4 Å². The van der Waals surface area contributed by atoms with E-state index in [2.05, 4.69) is 26.0 Å². The number of hydrogen-bond donors (Lipinski definition) is 3. The Morgan fingerprint density at radius 3 is 2.33 bits per heavy atom. The second kappa shape index (κ2) is 14.5. The Kier molecular flexibility index (Phi) is 10.2. The van der Waals surface area contributed by atoms with Crippen LogP contribution in [0.4, 0.5) is 19.0 Å². The number of aryl methyl sites for hydroxylation is 1. The third-order valence-electron chi connectivity index (χ3n) is 7.56. The number of hydrogen-bond acceptors (Lipinski definition) is 7. The molecule has 0 radical (unpaired) electrons. The lowest BCUT2D eigenvalue weighted by atomic mass is 9.81. The number of ether oxygens (including phenoxy) is 1. The summed E-state index contributed by atoms with van der Waals surface area (Å²) in [7, 11) is 0. The zero-order chi connectivity index (χ0) is 34.4. The summed E-state index contributed by atoms with van der Waals surface area (Å²) in [5, 5.41) is 16.4. The lowest BCUT2D eigenvalue weighted by Gasteiger charge is -2.24. The van der Waals surface area contributed by atoms with E-state index in [4.69, 9.17) is 16.3 Å². The highest BCUT2D eigenvalue weighted by atomic mass is 35.5. The number of rotatable bonds is 10. The van der Waals surface area contributed by atoms with E-state index in [-0.39, 0.29) is 29.2 Å². The maximum Gasteiger partial charge on any atom is 0.433 e. The van der Waals surface area contributed by atoms with Gasteiger partial charge in [-0.1, -0.05) is 72.3 Å². The maximum absolute atomic E-state index is 13.8. The summed E-state index contributed by atoms with van der Waals surface area (Å²) in [5.74, 6) is -1.49. The number of halogens is 4. The van der Waals surface area contributed by atoms with Crippen molar-refractivity contribution in [3.05, 3.63) is 146 Å². The van der Waals surface area contributed by atoms with E-state index in [0.29, 0.717) is 27.3 Å². The molecule has 48 heavy (non-hydrogen) atoms. The number of pyridine rings is 1. The molecule has 3 aromatic carbocycles. The molecule has 244 valence electrons. The van der Waals surface area contributed by atoms with Crippen molar-refractivity contribution in [3.63, 3.8) is 0 Å². The molecule has 0 saturated heterocycles. The van der Waals surface area contributed by atoms with Gasteiger partial charge in [-0.2, -0.15) is 23.5 Å². The Labute approximate surface area is 278 Å². The number of alkyl halides is 3. The number of carbonyl (C=O) groups excluding carboxylic acids is 1. The average molecular weight is 673 g/mol. The largest absolute Gasteiger partial charge is 0.433 e. The van der Waals surface area contributed by atoms with Crippen LogP contribution in [0.25, 0.3) is 11.1 Å². The molecule has 9 nitrogen and oxygen atoms in total. The molecule has 1 unspecified atom stereocenters. The first-order valence-corrected chi connectivity index (χ1v) is 15.0. The van der Waals surface area contributed by atoms with Crippen LogP contribution in [0, 0.1) is 18.3 Å². The molecule has 0 fully saturated rings. The number of aromatic amines is 1. The van der Waals surface area contributed by atoms with Crippen molar-refractivity contribution in [1.29, 1.82) is 5.26 Å². The fourth-order valence-electron chi connectivity index (χ4n) is 5.12. The minimum Gasteiger partial charge on any atom is -0.364 e. The zero-order valence-corrected chi connectivity index (χ0v) is 26.4. The predicted octanol–water partition coefficient (Wildman–Crippen LogP) is 6.91. The van der Waals surface area contributed by atoms with Crippen molar-refractivity contribution in [3.8, 4) is 17.2 Å². The van der Waals surface area contributed by atoms with Gasteiger partial charge < -0.3 is 4.74 Å². The quantitative estimate of drug-likeness (QED) is 0.137. The summed E-state index contributed by atoms with van der Waals surface area (Å²) in [4.78, 5) is 30.7. The maximum atomic E-state index is 13.8. The molecule has 2 atom stereocenters. The van der Waals surface area contributed by atoms with Crippen molar-refractivity contribution in [2.45, 2.75) is 38.7 Å². The van der Waals surface area contributed by atoms with Crippen LogP contribution in [0.5, 0.6) is 0 Å². The van der Waals surface area contributed by atoms with Crippen LogP contribution in [0.3, 0.4) is 0 Å². The Bertz CT molecular complexity index is 2010. The Morgan fingerprint density at radius 2 is 1.71 bits per heavy atom. The van der Waals surface area contributed by atoms with E-state index in [1.165, 1.54) is 13.0 Å². The first-order valence-electron chi connectivity index (χ1n) is 14.6. The molecule has 2 aromatic heterocycles. The number of nitriles is 1. The Hall–Kier alpha value is -5.51. The normalized spacial score (nSPS) is 12.5. The number of benzene rings is 3. The topological polar surface area (TPSA) is 133 Å². The van der Waals surface area contributed by atoms with Gasteiger partial charge in [0.25, 0.3) is 11.5 Å². The van der Waals surface area contributed by atoms with Crippen molar-refractivity contribution >= 4 is 23.3 Å². The third-order valence-corrected chi connectivity index (χ3v) is 7.81. The van der Waals surface area contributed by atoms with Gasteiger partial charge in [0.1, 0.15) is 11.8 Å². The highest BCUT2D eigenvalue weighted by Gasteiger charge is 2.34. The molecule has 5 aromatic rings. The van der Waals surface area contributed by atoms with Crippen LogP contribution < -0.4 is 16.4 Å². The number of anilines is 1. The highest BCUT2D eigenvalue weighted by molar-refractivity contribution is 6.30. The SMILES string of the molecule is Cc1nc(C(F)(F)F)ccc1C(c1ccc(C#N)cc1)c1c(-c2ccc(Cl)cc2)c(NNC(=O)[C@@H](C)OCc2ccccc2)n[nH]c1=O. The van der Waals surface area contributed by atoms with E-state index in [9.17, 15) is 28.0 Å². The Balaban J connectivity index is 1.62. The fraction of sp³-hybridized carbons (Fsp3) is 0.171. The average Bonchev–Trinajstić information content (AvgIpc) is 3.08. The van der Waals surface area contributed by atoms with Gasteiger partial charge >= 0.3 is 6.18 Å². The molecular weight excluding hydrogens is 645 g/mol. The van der Waals surface area contributed by atoms with E-state index < -0.39 is 35.4 Å². The van der Waals surface area contributed by atoms with Crippen LogP contribution >= 0.6 is 11.6 Å². The van der Waals surface area contributed by atoms with Gasteiger partial charge in [0.05, 0.1) is 18.2 Å². The first-order chi connectivity index (χ1) is 23.0. The second-order valence-electron chi connectivity index (χ2n) is 10.8. The summed E-state index contributed by atoms with van der Waals surface area (Å²) in [6.45, 7) is 3.20. The molecule has 0 saturated carbocycles. The monoisotopic (exact) mass is 672 g/mol. The summed E-state index contributed by atoms with van der Waals surface area (Å²) >= 11 is 6.18. The molecule has 5 rings (SSSR count). The molecular formula is C35H28ClF3N6O3. The van der Waals surface area contributed by atoms with Gasteiger partial charge in [-0.3, -0.25) is 20.4 Å². The van der Waals surface area contributed by atoms with Crippen molar-refractivity contribution in [2.75, 3.05) is 5.43 Å². The fourth-order valence-corrected chi connectivity index (χ4v) is 5.24. The van der Waals surface area contributed by atoms with Gasteiger partial charge in [0.2, 0.25) is 0 Å². The number of carbonyl (C=O) groups is 1. The standard InChI is InChI=1S/C35H28ClF3N6O3/c1-20-27(16-17-28(41-20)35(37,38)39)29(24-10-8-22(18-40)9-11-24)31-30(25-12-14-26(36)15-13-25)32(43-45-34(31)47)42-44-33(46)21(2)48-19-23-6-4-3-5-7-23/h3-17,21,29H,19H2,1-2H3,(H,42,43)(H,44,46)(H,45,47)/t21-,29?/m1/s1. The molecule has 1 amide bonds. The molecule has 3 N–H and O–H groups in total. The predicted molar refractivity (Wildman–Crippen MR) is 174 cm³/mol. The van der Waals surface area contributed by atoms with Gasteiger partial charge in [-0.15, -0.1) is 0 Å². The molecule has 0 spiro atoms. The lowest BCUT2D eigenvalue weighted by molar-refractivity contribution is -0.141. The number of amides is 1. The van der Waals surface area contributed by atoms with Crippen LogP contribution in [0.1, 0.15) is 52.0 Å². The number of H-pyrrole nitrogens is 1. The first kappa shape index (κ1) is 33.8. The number of hydrazine groups is 1. The number of aromatic nitrogens is 3. The Morgan fingerprint density at radius 1 is 1.02 bits per heavy atom. The van der Waals surface area contributed by atoms with Gasteiger partial charge in [-0.25, -0.2) is 10.1 Å². The summed E-state index contributed by atoms with van der Waals surface area (Å²) in [5.41, 5.74) is 6.47. The van der Waals surface area contributed by atoms with Gasteiger partial charge in [-0.05, 0) is 66.4 Å². The minimum absolute atomic E-state index is 0.0321. The lowest BCUT2D eigenvalue weighted by Crippen LogP contribution is -2.39. The van der Waals surface area contributed by atoms with Crippen LogP contribution in [0.2, 0.25) is 5.02 Å². The molecule has 2 heterocycles. The molecule has 13 heteroatoms. The van der Waals surface area contributed by atoms with Crippen LogP contribution in [0.15, 0.2) is 95.8 Å². The summed E-state index contributed by atoms with van der Waals surface area (Å²) in [6.07, 6.45) is -5.57. The number of nitrogens with one attached hydrogen (secondary N) is 3.